The normalized spacial score (nSPS) is 19.7. The van der Waals surface area contributed by atoms with Crippen molar-refractivity contribution in [2.45, 2.75) is 31.3 Å². The standard InChI is InChI=1S/C26H30F2N6O2/c1-33-10-6-18(7-11-33)17-2-4-19(5-3-17)21-14-22-23(30-9-8-29-22)25(32-21)31-15-20-16-34(12-13-36-20)26(35)24(27)28/h2-5,8-9,14,18,20,24H,6-7,10-13,15-16H2,1H3,(H,31,32). The van der Waals surface area contributed by atoms with E-state index in [0.29, 0.717) is 29.3 Å². The number of rotatable bonds is 6. The van der Waals surface area contributed by atoms with Gasteiger partial charge < -0.3 is 19.9 Å². The smallest absolute Gasteiger partial charge is 0.315 e. The van der Waals surface area contributed by atoms with Crippen molar-refractivity contribution in [2.75, 3.05) is 51.7 Å². The predicted octanol–water partition coefficient (Wildman–Crippen LogP) is 3.41. The van der Waals surface area contributed by atoms with E-state index in [4.69, 9.17) is 9.72 Å². The molecule has 2 saturated heterocycles. The fraction of sp³-hybridized carbons (Fsp3) is 0.462. The Morgan fingerprint density at radius 2 is 1.89 bits per heavy atom. The molecule has 2 fully saturated rings. The molecular formula is C26H30F2N6O2. The lowest BCUT2D eigenvalue weighted by Gasteiger charge is -2.33. The molecule has 4 heterocycles. The van der Waals surface area contributed by atoms with Gasteiger partial charge in [0.25, 0.3) is 5.91 Å². The van der Waals surface area contributed by atoms with Crippen LogP contribution in [0.25, 0.3) is 22.3 Å². The van der Waals surface area contributed by atoms with E-state index >= 15 is 0 Å². The number of alkyl halides is 2. The molecule has 5 rings (SSSR count). The number of anilines is 1. The Labute approximate surface area is 208 Å². The third-order valence-electron chi connectivity index (χ3n) is 6.99. The molecule has 1 aromatic carbocycles. The van der Waals surface area contributed by atoms with E-state index in [1.807, 2.05) is 6.07 Å². The van der Waals surface area contributed by atoms with E-state index in [-0.39, 0.29) is 19.7 Å². The minimum absolute atomic E-state index is 0.0951. The van der Waals surface area contributed by atoms with Crippen molar-refractivity contribution in [3.8, 4) is 11.3 Å². The molecule has 2 aliphatic heterocycles. The SMILES string of the molecule is CN1CCC(c2ccc(-c3cc4nccnc4c(NCC4CN(C(=O)C(F)F)CCO4)n3)cc2)CC1. The van der Waals surface area contributed by atoms with Crippen LogP contribution in [0, 0.1) is 0 Å². The van der Waals surface area contributed by atoms with Crippen molar-refractivity contribution >= 4 is 22.8 Å². The fourth-order valence-corrected chi connectivity index (χ4v) is 4.90. The molecule has 1 N–H and O–H groups in total. The van der Waals surface area contributed by atoms with Crippen molar-refractivity contribution in [2.24, 2.45) is 0 Å². The third kappa shape index (κ3) is 5.44. The molecule has 8 nitrogen and oxygen atoms in total. The average Bonchev–Trinajstić information content (AvgIpc) is 2.92. The molecule has 2 aromatic heterocycles. The van der Waals surface area contributed by atoms with Gasteiger partial charge in [-0.15, -0.1) is 0 Å². The van der Waals surface area contributed by atoms with Gasteiger partial charge in [-0.1, -0.05) is 24.3 Å². The van der Waals surface area contributed by atoms with Gasteiger partial charge in [0.15, 0.2) is 5.82 Å². The quantitative estimate of drug-likeness (QED) is 0.560. The van der Waals surface area contributed by atoms with E-state index in [9.17, 15) is 13.6 Å². The van der Waals surface area contributed by atoms with Crippen LogP contribution < -0.4 is 5.32 Å². The molecule has 36 heavy (non-hydrogen) atoms. The number of halogens is 2. The second-order valence-electron chi connectivity index (χ2n) is 9.44. The van der Waals surface area contributed by atoms with E-state index in [0.717, 1.165) is 42.1 Å². The van der Waals surface area contributed by atoms with Crippen LogP contribution in [0.1, 0.15) is 24.3 Å². The highest BCUT2D eigenvalue weighted by atomic mass is 19.3. The molecule has 1 amide bonds. The Bertz CT molecular complexity index is 1200. The highest BCUT2D eigenvalue weighted by Crippen LogP contribution is 2.30. The first kappa shape index (κ1) is 24.5. The van der Waals surface area contributed by atoms with Gasteiger partial charge >= 0.3 is 6.43 Å². The van der Waals surface area contributed by atoms with E-state index in [1.54, 1.807) is 12.4 Å². The number of nitrogens with zero attached hydrogens (tertiary/aromatic N) is 5. The predicted molar refractivity (Wildman–Crippen MR) is 133 cm³/mol. The van der Waals surface area contributed by atoms with Crippen molar-refractivity contribution in [1.82, 2.24) is 24.8 Å². The number of ether oxygens (including phenoxy) is 1. The van der Waals surface area contributed by atoms with Gasteiger partial charge in [0.05, 0.1) is 23.9 Å². The van der Waals surface area contributed by atoms with Crippen LogP contribution in [0.4, 0.5) is 14.6 Å². The molecule has 190 valence electrons. The average molecular weight is 497 g/mol. The number of pyridine rings is 1. The highest BCUT2D eigenvalue weighted by molar-refractivity contribution is 5.88. The van der Waals surface area contributed by atoms with Crippen LogP contribution in [0.5, 0.6) is 0 Å². The number of hydrogen-bond acceptors (Lipinski definition) is 7. The van der Waals surface area contributed by atoms with E-state index in [1.165, 1.54) is 5.56 Å². The second-order valence-corrected chi connectivity index (χ2v) is 9.44. The number of morpholine rings is 1. The van der Waals surface area contributed by atoms with Crippen molar-refractivity contribution in [3.05, 3.63) is 48.3 Å². The summed E-state index contributed by atoms with van der Waals surface area (Å²) in [7, 11) is 2.17. The number of carbonyl (C=O) groups excluding carboxylic acids is 1. The number of nitrogens with one attached hydrogen (secondary N) is 1. The van der Waals surface area contributed by atoms with Gasteiger partial charge in [-0.05, 0) is 50.5 Å². The lowest BCUT2D eigenvalue weighted by molar-refractivity contribution is -0.149. The van der Waals surface area contributed by atoms with Gasteiger partial charge in [-0.25, -0.2) is 9.97 Å². The number of amides is 1. The molecule has 1 atom stereocenters. The molecule has 0 spiro atoms. The van der Waals surface area contributed by atoms with Gasteiger partial charge in [0.2, 0.25) is 0 Å². The lowest BCUT2D eigenvalue weighted by Crippen LogP contribution is -2.49. The number of hydrogen-bond donors (Lipinski definition) is 1. The highest BCUT2D eigenvalue weighted by Gasteiger charge is 2.29. The molecular weight excluding hydrogens is 466 g/mol. The third-order valence-corrected chi connectivity index (χ3v) is 6.99. The van der Waals surface area contributed by atoms with Crippen LogP contribution in [-0.4, -0.2) is 89.6 Å². The zero-order valence-electron chi connectivity index (χ0n) is 20.2. The lowest BCUT2D eigenvalue weighted by atomic mass is 9.89. The van der Waals surface area contributed by atoms with Crippen LogP contribution >= 0.6 is 0 Å². The van der Waals surface area contributed by atoms with Crippen LogP contribution in [0.2, 0.25) is 0 Å². The zero-order chi connectivity index (χ0) is 25.1. The maximum absolute atomic E-state index is 12.8. The largest absolute Gasteiger partial charge is 0.373 e. The number of piperidine rings is 1. The molecule has 0 aliphatic carbocycles. The minimum Gasteiger partial charge on any atom is -0.373 e. The molecule has 0 bridgehead atoms. The van der Waals surface area contributed by atoms with E-state index < -0.39 is 18.4 Å². The number of carbonyl (C=O) groups is 1. The topological polar surface area (TPSA) is 83.5 Å². The Balaban J connectivity index is 1.33. The number of fused-ring (bicyclic) bond motifs is 1. The number of aromatic nitrogens is 3. The summed E-state index contributed by atoms with van der Waals surface area (Å²) in [6.45, 7) is 3.00. The Morgan fingerprint density at radius 3 is 2.64 bits per heavy atom. The first-order valence-corrected chi connectivity index (χ1v) is 12.3. The zero-order valence-corrected chi connectivity index (χ0v) is 20.2. The molecule has 0 radical (unpaired) electrons. The second kappa shape index (κ2) is 10.8. The Hall–Kier alpha value is -3.24. The number of benzene rings is 1. The summed E-state index contributed by atoms with van der Waals surface area (Å²) in [5.41, 5.74) is 4.40. The van der Waals surface area contributed by atoms with Crippen LogP contribution in [0.3, 0.4) is 0 Å². The van der Waals surface area contributed by atoms with Crippen LogP contribution in [0.15, 0.2) is 42.7 Å². The van der Waals surface area contributed by atoms with Gasteiger partial charge in [-0.3, -0.25) is 9.78 Å². The first-order chi connectivity index (χ1) is 17.5. The molecule has 3 aromatic rings. The summed E-state index contributed by atoms with van der Waals surface area (Å²) in [5, 5.41) is 3.25. The van der Waals surface area contributed by atoms with Gasteiger partial charge in [0, 0.05) is 37.6 Å². The van der Waals surface area contributed by atoms with Crippen LogP contribution in [-0.2, 0) is 9.53 Å². The summed E-state index contributed by atoms with van der Waals surface area (Å²) in [4.78, 5) is 28.9. The minimum atomic E-state index is -3.01. The van der Waals surface area contributed by atoms with Crippen molar-refractivity contribution < 1.29 is 18.3 Å². The summed E-state index contributed by atoms with van der Waals surface area (Å²) in [5.74, 6) is -0.0470. The Morgan fingerprint density at radius 1 is 1.14 bits per heavy atom. The Kier molecular flexibility index (Phi) is 7.33. The molecule has 2 aliphatic rings. The fourth-order valence-electron chi connectivity index (χ4n) is 4.90. The molecule has 10 heteroatoms. The van der Waals surface area contributed by atoms with E-state index in [2.05, 4.69) is 51.5 Å². The maximum atomic E-state index is 12.8. The van der Waals surface area contributed by atoms with Crippen molar-refractivity contribution in [1.29, 1.82) is 0 Å². The summed E-state index contributed by atoms with van der Waals surface area (Å²) < 4.78 is 31.4. The van der Waals surface area contributed by atoms with Gasteiger partial charge in [0.1, 0.15) is 5.52 Å². The summed E-state index contributed by atoms with van der Waals surface area (Å²) >= 11 is 0. The number of likely N-dealkylation sites (tertiary alicyclic amines) is 1. The summed E-state index contributed by atoms with van der Waals surface area (Å²) in [6.07, 6.45) is 2.12. The first-order valence-electron chi connectivity index (χ1n) is 12.3. The molecule has 0 saturated carbocycles. The maximum Gasteiger partial charge on any atom is 0.315 e. The van der Waals surface area contributed by atoms with Gasteiger partial charge in [-0.2, -0.15) is 8.78 Å². The molecule has 1 unspecified atom stereocenters. The van der Waals surface area contributed by atoms with Crippen molar-refractivity contribution in [3.63, 3.8) is 0 Å². The summed E-state index contributed by atoms with van der Waals surface area (Å²) in [6, 6.07) is 10.5. The monoisotopic (exact) mass is 496 g/mol.